The van der Waals surface area contributed by atoms with Crippen LogP contribution in [0.2, 0.25) is 0 Å². The third kappa shape index (κ3) is 3.31. The second kappa shape index (κ2) is 6.82. The lowest BCUT2D eigenvalue weighted by molar-refractivity contribution is 0.0685. The number of fused-ring (bicyclic) bond motifs is 1. The molecule has 8 heteroatoms. The number of carbonyl (C=O) groups is 1. The summed E-state index contributed by atoms with van der Waals surface area (Å²) in [5, 5.41) is 5.36. The number of piperidine rings is 1. The number of amides is 1. The van der Waals surface area contributed by atoms with Crippen molar-refractivity contribution in [3.63, 3.8) is 0 Å². The quantitative estimate of drug-likeness (QED) is 0.813. The van der Waals surface area contributed by atoms with Crippen LogP contribution in [-0.4, -0.2) is 68.2 Å². The summed E-state index contributed by atoms with van der Waals surface area (Å²) in [6.45, 7) is 5.71. The average molecular weight is 360 g/mol. The molecule has 2 saturated heterocycles. The lowest BCUT2D eigenvalue weighted by Gasteiger charge is -2.30. The first kappa shape index (κ1) is 16.6. The summed E-state index contributed by atoms with van der Waals surface area (Å²) in [7, 11) is 1.88. The lowest BCUT2D eigenvalue weighted by Crippen LogP contribution is -2.39. The van der Waals surface area contributed by atoms with E-state index in [4.69, 9.17) is 4.98 Å². The molecular formula is C17H24N6OS. The van der Waals surface area contributed by atoms with Gasteiger partial charge in [0.1, 0.15) is 5.82 Å². The van der Waals surface area contributed by atoms with Gasteiger partial charge in [-0.15, -0.1) is 0 Å². The minimum atomic E-state index is -0.0629. The van der Waals surface area contributed by atoms with E-state index in [0.717, 1.165) is 61.7 Å². The molecule has 0 radical (unpaired) electrons. The van der Waals surface area contributed by atoms with E-state index in [1.807, 2.05) is 29.9 Å². The number of nitrogens with zero attached hydrogens (tertiary/aromatic N) is 6. The molecule has 0 aromatic carbocycles. The maximum Gasteiger partial charge on any atom is 0.291 e. The van der Waals surface area contributed by atoms with Crippen molar-refractivity contribution in [3.8, 4) is 0 Å². The second-order valence-electron chi connectivity index (χ2n) is 6.99. The maximum absolute atomic E-state index is 12.9. The highest BCUT2D eigenvalue weighted by atomic mass is 32.2. The van der Waals surface area contributed by atoms with E-state index in [1.54, 1.807) is 4.68 Å². The van der Waals surface area contributed by atoms with Crippen LogP contribution in [0, 0.1) is 5.92 Å². The summed E-state index contributed by atoms with van der Waals surface area (Å²) in [4.78, 5) is 26.3. The Labute approximate surface area is 151 Å². The Morgan fingerprint density at radius 3 is 2.60 bits per heavy atom. The Balaban J connectivity index is 1.70. The number of anilines is 1. The monoisotopic (exact) mass is 360 g/mol. The summed E-state index contributed by atoms with van der Waals surface area (Å²) in [5.74, 6) is 3.93. The molecule has 0 atom stereocenters. The molecule has 7 nitrogen and oxygen atoms in total. The normalized spacial score (nSPS) is 19.6. The van der Waals surface area contributed by atoms with Gasteiger partial charge in [0.25, 0.3) is 5.91 Å². The number of aromatic nitrogens is 4. The smallest absolute Gasteiger partial charge is 0.291 e. The highest BCUT2D eigenvalue weighted by Crippen LogP contribution is 2.26. The topological polar surface area (TPSA) is 67.2 Å². The molecule has 0 spiro atoms. The van der Waals surface area contributed by atoms with E-state index >= 15 is 0 Å². The van der Waals surface area contributed by atoms with Gasteiger partial charge in [-0.3, -0.25) is 9.48 Å². The van der Waals surface area contributed by atoms with Crippen molar-refractivity contribution in [2.24, 2.45) is 13.0 Å². The molecule has 2 aliphatic heterocycles. The minimum Gasteiger partial charge on any atom is -0.354 e. The fraction of sp³-hybridized carbons (Fsp3) is 0.647. The first-order valence-corrected chi connectivity index (χ1v) is 10.1. The zero-order chi connectivity index (χ0) is 17.4. The predicted octanol–water partition coefficient (Wildman–Crippen LogP) is 1.79. The van der Waals surface area contributed by atoms with Crippen molar-refractivity contribution in [1.29, 1.82) is 0 Å². The van der Waals surface area contributed by atoms with Crippen molar-refractivity contribution in [2.75, 3.05) is 42.6 Å². The molecule has 2 aromatic rings. The molecule has 2 aliphatic rings. The van der Waals surface area contributed by atoms with Gasteiger partial charge in [0.05, 0.1) is 5.39 Å². The minimum absolute atomic E-state index is 0.0629. The Bertz CT molecular complexity index is 777. The molecule has 4 heterocycles. The fourth-order valence-electron chi connectivity index (χ4n) is 3.47. The van der Waals surface area contributed by atoms with E-state index in [2.05, 4.69) is 21.9 Å². The molecule has 4 rings (SSSR count). The summed E-state index contributed by atoms with van der Waals surface area (Å²) < 4.78 is 1.75. The van der Waals surface area contributed by atoms with Gasteiger partial charge >= 0.3 is 0 Å². The SMILES string of the molecule is CC1CCN(C(=O)c2nc(N3CCSCC3)c3cn(C)nc3n2)CC1. The molecule has 0 saturated carbocycles. The molecule has 134 valence electrons. The van der Waals surface area contributed by atoms with Crippen molar-refractivity contribution in [3.05, 3.63) is 12.0 Å². The molecule has 2 fully saturated rings. The molecule has 2 aromatic heterocycles. The molecular weight excluding hydrogens is 336 g/mol. The van der Waals surface area contributed by atoms with E-state index in [1.165, 1.54) is 0 Å². The predicted molar refractivity (Wildman–Crippen MR) is 100 cm³/mol. The van der Waals surface area contributed by atoms with Gasteiger partial charge in [0, 0.05) is 50.9 Å². The molecule has 1 amide bonds. The van der Waals surface area contributed by atoms with E-state index in [-0.39, 0.29) is 11.7 Å². The maximum atomic E-state index is 12.9. The standard InChI is InChI=1S/C17H24N6OS/c1-12-3-5-23(6-4-12)17(24)15-18-14-13(11-21(2)20-14)16(19-15)22-7-9-25-10-8-22/h11-12H,3-10H2,1-2H3. The largest absolute Gasteiger partial charge is 0.354 e. The number of thioether (sulfide) groups is 1. The van der Waals surface area contributed by atoms with Gasteiger partial charge in [-0.05, 0) is 18.8 Å². The first-order chi connectivity index (χ1) is 12.1. The summed E-state index contributed by atoms with van der Waals surface area (Å²) in [5.41, 5.74) is 0.611. The van der Waals surface area contributed by atoms with E-state index < -0.39 is 0 Å². The van der Waals surface area contributed by atoms with Crippen molar-refractivity contribution in [2.45, 2.75) is 19.8 Å². The van der Waals surface area contributed by atoms with Gasteiger partial charge in [0.15, 0.2) is 5.65 Å². The van der Waals surface area contributed by atoms with E-state index in [0.29, 0.717) is 11.6 Å². The van der Waals surface area contributed by atoms with Crippen LogP contribution < -0.4 is 4.90 Å². The van der Waals surface area contributed by atoms with Crippen molar-refractivity contribution in [1.82, 2.24) is 24.6 Å². The van der Waals surface area contributed by atoms with Gasteiger partial charge < -0.3 is 9.80 Å². The molecule has 0 bridgehead atoms. The molecule has 25 heavy (non-hydrogen) atoms. The van der Waals surface area contributed by atoms with Crippen LogP contribution in [0.1, 0.15) is 30.4 Å². The summed E-state index contributed by atoms with van der Waals surface area (Å²) in [6, 6.07) is 0. The van der Waals surface area contributed by atoms with Gasteiger partial charge in [-0.2, -0.15) is 16.9 Å². The van der Waals surface area contributed by atoms with Crippen LogP contribution in [-0.2, 0) is 7.05 Å². The Morgan fingerprint density at radius 1 is 1.16 bits per heavy atom. The fourth-order valence-corrected chi connectivity index (χ4v) is 4.37. The van der Waals surface area contributed by atoms with E-state index in [9.17, 15) is 4.79 Å². The highest BCUT2D eigenvalue weighted by Gasteiger charge is 2.26. The Hall–Kier alpha value is -1.83. The summed E-state index contributed by atoms with van der Waals surface area (Å²) >= 11 is 1.96. The van der Waals surface area contributed by atoms with Gasteiger partial charge in [-0.25, -0.2) is 9.97 Å². The number of carbonyl (C=O) groups excluding carboxylic acids is 1. The van der Waals surface area contributed by atoms with Crippen LogP contribution >= 0.6 is 11.8 Å². The summed E-state index contributed by atoms with van der Waals surface area (Å²) in [6.07, 6.45) is 4.05. The van der Waals surface area contributed by atoms with Crippen molar-refractivity contribution < 1.29 is 4.79 Å². The zero-order valence-corrected chi connectivity index (χ0v) is 15.6. The Morgan fingerprint density at radius 2 is 1.88 bits per heavy atom. The highest BCUT2D eigenvalue weighted by molar-refractivity contribution is 7.99. The number of rotatable bonds is 2. The number of likely N-dealkylation sites (tertiary alicyclic amines) is 1. The number of hydrogen-bond acceptors (Lipinski definition) is 6. The van der Waals surface area contributed by atoms with Crippen LogP contribution in [0.15, 0.2) is 6.20 Å². The molecule has 0 N–H and O–H groups in total. The number of hydrogen-bond donors (Lipinski definition) is 0. The van der Waals surface area contributed by atoms with Crippen LogP contribution in [0.25, 0.3) is 11.0 Å². The zero-order valence-electron chi connectivity index (χ0n) is 14.8. The van der Waals surface area contributed by atoms with Crippen LogP contribution in [0.5, 0.6) is 0 Å². The van der Waals surface area contributed by atoms with Gasteiger partial charge in [-0.1, -0.05) is 6.92 Å². The van der Waals surface area contributed by atoms with Crippen LogP contribution in [0.3, 0.4) is 0 Å². The Kier molecular flexibility index (Phi) is 4.54. The number of aryl methyl sites for hydroxylation is 1. The average Bonchev–Trinajstić information content (AvgIpc) is 3.01. The van der Waals surface area contributed by atoms with Crippen molar-refractivity contribution >= 4 is 34.5 Å². The van der Waals surface area contributed by atoms with Gasteiger partial charge in [0.2, 0.25) is 5.82 Å². The third-order valence-electron chi connectivity index (χ3n) is 5.05. The molecule has 0 unspecified atom stereocenters. The molecule has 0 aliphatic carbocycles. The van der Waals surface area contributed by atoms with Crippen LogP contribution in [0.4, 0.5) is 5.82 Å². The third-order valence-corrected chi connectivity index (χ3v) is 5.99. The lowest BCUT2D eigenvalue weighted by atomic mass is 9.99. The first-order valence-electron chi connectivity index (χ1n) is 8.95. The second-order valence-corrected chi connectivity index (χ2v) is 8.21.